The van der Waals surface area contributed by atoms with E-state index in [1.165, 1.54) is 0 Å². The van der Waals surface area contributed by atoms with Crippen LogP contribution in [0.2, 0.25) is 0 Å². The number of nitrogens with two attached hydrogens (primary N) is 1. The summed E-state index contributed by atoms with van der Waals surface area (Å²) in [5.74, 6) is 1.34. The molecule has 1 heterocycles. The van der Waals surface area contributed by atoms with E-state index in [4.69, 9.17) is 15.2 Å². The summed E-state index contributed by atoms with van der Waals surface area (Å²) in [6.07, 6.45) is 1.09. The molecule has 1 unspecified atom stereocenters. The second kappa shape index (κ2) is 4.53. The zero-order valence-corrected chi connectivity index (χ0v) is 9.03. The number of nitrogen functional groups attached to an aromatic ring is 1. The topological polar surface area (TPSA) is 44.5 Å². The van der Waals surface area contributed by atoms with Gasteiger partial charge in [0, 0.05) is 12.5 Å². The molecule has 0 aromatic heterocycles. The van der Waals surface area contributed by atoms with Crippen LogP contribution >= 0.6 is 0 Å². The minimum absolute atomic E-state index is 0.518. The van der Waals surface area contributed by atoms with Crippen molar-refractivity contribution in [2.24, 2.45) is 5.92 Å². The second-order valence-electron chi connectivity index (χ2n) is 4.03. The lowest BCUT2D eigenvalue weighted by Gasteiger charge is -2.14. The lowest BCUT2D eigenvalue weighted by Crippen LogP contribution is -2.13. The Morgan fingerprint density at radius 1 is 1.53 bits per heavy atom. The summed E-state index contributed by atoms with van der Waals surface area (Å²) in [5, 5.41) is 0. The minimum Gasteiger partial charge on any atom is -0.491 e. The molecule has 2 N–H and O–H groups in total. The largest absolute Gasteiger partial charge is 0.491 e. The number of aryl methyl sites for hydroxylation is 1. The fourth-order valence-electron chi connectivity index (χ4n) is 1.79. The van der Waals surface area contributed by atoms with Crippen molar-refractivity contribution >= 4 is 5.69 Å². The van der Waals surface area contributed by atoms with Crippen molar-refractivity contribution in [2.45, 2.75) is 13.3 Å². The molecule has 3 heteroatoms. The molecule has 1 aromatic rings. The van der Waals surface area contributed by atoms with Gasteiger partial charge in [-0.1, -0.05) is 12.1 Å². The lowest BCUT2D eigenvalue weighted by molar-refractivity contribution is 0.167. The van der Waals surface area contributed by atoms with Gasteiger partial charge in [-0.25, -0.2) is 0 Å². The Labute approximate surface area is 90.2 Å². The van der Waals surface area contributed by atoms with E-state index in [1.807, 2.05) is 25.1 Å². The predicted octanol–water partition coefficient (Wildman–Crippen LogP) is 1.99. The molecule has 2 rings (SSSR count). The normalized spacial score (nSPS) is 20.5. The molecule has 82 valence electrons. The number of rotatable bonds is 3. The standard InChI is InChI=1S/C12H17NO2/c1-9-3-2-4-11(13)12(9)15-8-10-5-6-14-7-10/h2-4,10H,5-8,13H2,1H3. The van der Waals surface area contributed by atoms with Crippen molar-refractivity contribution < 1.29 is 9.47 Å². The first-order chi connectivity index (χ1) is 7.27. The number of benzene rings is 1. The SMILES string of the molecule is Cc1cccc(N)c1OCC1CCOC1. The number of anilines is 1. The van der Waals surface area contributed by atoms with Crippen molar-refractivity contribution in [3.63, 3.8) is 0 Å². The van der Waals surface area contributed by atoms with Gasteiger partial charge in [0.05, 0.1) is 18.9 Å². The summed E-state index contributed by atoms with van der Waals surface area (Å²) in [6.45, 7) is 4.38. The summed E-state index contributed by atoms with van der Waals surface area (Å²) in [4.78, 5) is 0. The highest BCUT2D eigenvalue weighted by molar-refractivity contribution is 5.56. The number of para-hydroxylation sites is 1. The number of hydrogen-bond acceptors (Lipinski definition) is 3. The van der Waals surface area contributed by atoms with E-state index in [9.17, 15) is 0 Å². The molecule has 0 aliphatic carbocycles. The lowest BCUT2D eigenvalue weighted by atomic mass is 10.1. The summed E-state index contributed by atoms with van der Waals surface area (Å²) in [6, 6.07) is 5.82. The molecule has 1 saturated heterocycles. The van der Waals surface area contributed by atoms with Gasteiger partial charge in [-0.05, 0) is 25.0 Å². The van der Waals surface area contributed by atoms with Crippen molar-refractivity contribution in [3.8, 4) is 5.75 Å². The molecule has 0 saturated carbocycles. The van der Waals surface area contributed by atoms with Crippen LogP contribution in [0, 0.1) is 12.8 Å². The van der Waals surface area contributed by atoms with E-state index in [2.05, 4.69) is 0 Å². The van der Waals surface area contributed by atoms with E-state index < -0.39 is 0 Å². The maximum atomic E-state index is 5.85. The molecule has 1 aliphatic rings. The zero-order chi connectivity index (χ0) is 10.7. The molecule has 1 atom stereocenters. The van der Waals surface area contributed by atoms with Crippen LogP contribution in [-0.4, -0.2) is 19.8 Å². The highest BCUT2D eigenvalue weighted by atomic mass is 16.5. The monoisotopic (exact) mass is 207 g/mol. The van der Waals surface area contributed by atoms with Crippen LogP contribution in [0.5, 0.6) is 5.75 Å². The van der Waals surface area contributed by atoms with Gasteiger partial charge in [-0.3, -0.25) is 0 Å². The van der Waals surface area contributed by atoms with E-state index in [-0.39, 0.29) is 0 Å². The first-order valence-corrected chi connectivity index (χ1v) is 5.33. The van der Waals surface area contributed by atoms with E-state index in [0.29, 0.717) is 18.2 Å². The Balaban J connectivity index is 1.97. The van der Waals surface area contributed by atoms with Gasteiger partial charge in [0.25, 0.3) is 0 Å². The third kappa shape index (κ3) is 2.42. The molecular weight excluding hydrogens is 190 g/mol. The van der Waals surface area contributed by atoms with Gasteiger partial charge in [0.15, 0.2) is 0 Å². The maximum absolute atomic E-state index is 5.85. The quantitative estimate of drug-likeness (QED) is 0.771. The van der Waals surface area contributed by atoms with Crippen LogP contribution in [0.15, 0.2) is 18.2 Å². The summed E-state index contributed by atoms with van der Waals surface area (Å²) >= 11 is 0. The molecule has 1 fully saturated rings. The first kappa shape index (κ1) is 10.3. The molecule has 0 bridgehead atoms. The fraction of sp³-hybridized carbons (Fsp3) is 0.500. The highest BCUT2D eigenvalue weighted by Crippen LogP contribution is 2.26. The van der Waals surface area contributed by atoms with Gasteiger partial charge in [0.2, 0.25) is 0 Å². The summed E-state index contributed by atoms with van der Waals surface area (Å²) in [5.41, 5.74) is 7.66. The Morgan fingerprint density at radius 3 is 3.07 bits per heavy atom. The third-order valence-electron chi connectivity index (χ3n) is 2.73. The molecule has 0 spiro atoms. The Kier molecular flexibility index (Phi) is 3.11. The minimum atomic E-state index is 0.518. The molecule has 0 radical (unpaired) electrons. The zero-order valence-electron chi connectivity index (χ0n) is 9.03. The maximum Gasteiger partial charge on any atom is 0.145 e. The van der Waals surface area contributed by atoms with Crippen molar-refractivity contribution in [3.05, 3.63) is 23.8 Å². The van der Waals surface area contributed by atoms with Crippen molar-refractivity contribution in [2.75, 3.05) is 25.6 Å². The van der Waals surface area contributed by atoms with Crippen LogP contribution in [0.1, 0.15) is 12.0 Å². The van der Waals surface area contributed by atoms with Gasteiger partial charge >= 0.3 is 0 Å². The smallest absolute Gasteiger partial charge is 0.145 e. The van der Waals surface area contributed by atoms with Gasteiger partial charge < -0.3 is 15.2 Å². The Bertz CT molecular complexity index is 312. The number of hydrogen-bond donors (Lipinski definition) is 1. The van der Waals surface area contributed by atoms with Crippen LogP contribution < -0.4 is 10.5 Å². The van der Waals surface area contributed by atoms with Gasteiger partial charge in [-0.15, -0.1) is 0 Å². The number of ether oxygens (including phenoxy) is 2. The van der Waals surface area contributed by atoms with Gasteiger partial charge in [-0.2, -0.15) is 0 Å². The van der Waals surface area contributed by atoms with Crippen molar-refractivity contribution in [1.82, 2.24) is 0 Å². The molecular formula is C12H17NO2. The van der Waals surface area contributed by atoms with Gasteiger partial charge in [0.1, 0.15) is 5.75 Å². The Morgan fingerprint density at radius 2 is 2.40 bits per heavy atom. The van der Waals surface area contributed by atoms with Crippen LogP contribution in [-0.2, 0) is 4.74 Å². The van der Waals surface area contributed by atoms with E-state index in [1.54, 1.807) is 0 Å². The van der Waals surface area contributed by atoms with E-state index >= 15 is 0 Å². The highest BCUT2D eigenvalue weighted by Gasteiger charge is 2.17. The van der Waals surface area contributed by atoms with Crippen LogP contribution in [0.4, 0.5) is 5.69 Å². The van der Waals surface area contributed by atoms with E-state index in [0.717, 1.165) is 30.9 Å². The molecule has 1 aromatic carbocycles. The molecule has 1 aliphatic heterocycles. The van der Waals surface area contributed by atoms with Crippen molar-refractivity contribution in [1.29, 1.82) is 0 Å². The fourth-order valence-corrected chi connectivity index (χ4v) is 1.79. The molecule has 0 amide bonds. The predicted molar refractivity (Wildman–Crippen MR) is 60.0 cm³/mol. The summed E-state index contributed by atoms with van der Waals surface area (Å²) < 4.78 is 11.0. The second-order valence-corrected chi connectivity index (χ2v) is 4.03. The Hall–Kier alpha value is -1.22. The van der Waals surface area contributed by atoms with Crippen LogP contribution in [0.3, 0.4) is 0 Å². The average molecular weight is 207 g/mol. The van der Waals surface area contributed by atoms with Crippen LogP contribution in [0.25, 0.3) is 0 Å². The molecule has 15 heavy (non-hydrogen) atoms. The first-order valence-electron chi connectivity index (χ1n) is 5.33. The summed E-state index contributed by atoms with van der Waals surface area (Å²) in [7, 11) is 0. The molecule has 3 nitrogen and oxygen atoms in total. The third-order valence-corrected chi connectivity index (χ3v) is 2.73. The average Bonchev–Trinajstić information content (AvgIpc) is 2.70.